The number of methoxy groups -OCH3 is 1. The molecule has 192 valence electrons. The molecule has 1 N–H and O–H groups in total. The van der Waals surface area contributed by atoms with Crippen molar-refractivity contribution in [3.05, 3.63) is 45.8 Å². The van der Waals surface area contributed by atoms with Crippen LogP contribution in [0.2, 0.25) is 0 Å². The lowest BCUT2D eigenvalue weighted by molar-refractivity contribution is 0.0837. The molecule has 2 aromatic heterocycles. The van der Waals surface area contributed by atoms with Gasteiger partial charge in [0.15, 0.2) is 17.3 Å². The third-order valence-electron chi connectivity index (χ3n) is 7.41. The Morgan fingerprint density at radius 2 is 1.83 bits per heavy atom. The van der Waals surface area contributed by atoms with Gasteiger partial charge < -0.3 is 23.9 Å². The van der Waals surface area contributed by atoms with Crippen molar-refractivity contribution in [2.24, 2.45) is 0 Å². The Balaban J connectivity index is 1.60. The minimum Gasteiger partial charge on any atom is -0.493 e. The number of ether oxygens (including phenoxy) is 2. The number of benzene rings is 1. The van der Waals surface area contributed by atoms with Crippen LogP contribution >= 0.6 is 0 Å². The molecule has 36 heavy (non-hydrogen) atoms. The van der Waals surface area contributed by atoms with E-state index in [9.17, 15) is 9.59 Å². The number of carbonyl (C=O) groups is 1. The highest BCUT2D eigenvalue weighted by molar-refractivity contribution is 5.99. The van der Waals surface area contributed by atoms with E-state index in [1.807, 2.05) is 12.1 Å². The van der Waals surface area contributed by atoms with E-state index < -0.39 is 11.4 Å². The number of hydrogen-bond acceptors (Lipinski definition) is 7. The van der Waals surface area contributed by atoms with Crippen LogP contribution in [0.4, 0.5) is 0 Å². The topological polar surface area (TPSA) is 108 Å². The van der Waals surface area contributed by atoms with Crippen LogP contribution < -0.4 is 20.3 Å². The number of carbonyl (C=O) groups excluding carboxylic acids is 1. The standard InChI is InChI=1S/C27H34N4O5/c1-18-28-26(36-30-18)27(13-7-4-3-5-8-14-27)29-24(32)20-17-19-11-12-21(34-2)23-22(19)31(25(20)33)15-9-6-10-16-35-23/h11-12,17H,3-10,13-16H2,1-2H3,(H,29,32). The van der Waals surface area contributed by atoms with E-state index >= 15 is 0 Å². The molecule has 5 rings (SSSR count). The van der Waals surface area contributed by atoms with E-state index in [2.05, 4.69) is 15.5 Å². The van der Waals surface area contributed by atoms with Gasteiger partial charge in [-0.3, -0.25) is 9.59 Å². The van der Waals surface area contributed by atoms with Crippen molar-refractivity contribution in [1.82, 2.24) is 20.0 Å². The third kappa shape index (κ3) is 4.58. The smallest absolute Gasteiger partial charge is 0.264 e. The highest BCUT2D eigenvalue weighted by Crippen LogP contribution is 2.37. The van der Waals surface area contributed by atoms with Crippen molar-refractivity contribution in [3.63, 3.8) is 0 Å². The Labute approximate surface area is 210 Å². The molecule has 1 aromatic carbocycles. The number of pyridine rings is 1. The number of aromatic nitrogens is 3. The SMILES string of the molecule is COc1ccc2cc(C(=O)NC3(c4nc(C)no4)CCCCCCC3)c(=O)n3c2c1OCCCCC3. The lowest BCUT2D eigenvalue weighted by Gasteiger charge is -2.33. The number of nitrogens with zero attached hydrogens (tertiary/aromatic N) is 3. The van der Waals surface area contributed by atoms with Gasteiger partial charge in [0.1, 0.15) is 11.1 Å². The molecule has 1 saturated carbocycles. The van der Waals surface area contributed by atoms with Gasteiger partial charge in [0, 0.05) is 11.9 Å². The minimum atomic E-state index is -0.790. The maximum absolute atomic E-state index is 13.8. The van der Waals surface area contributed by atoms with Gasteiger partial charge in [-0.1, -0.05) is 37.3 Å². The summed E-state index contributed by atoms with van der Waals surface area (Å²) in [4.78, 5) is 32.1. The molecule has 0 atom stereocenters. The monoisotopic (exact) mass is 494 g/mol. The van der Waals surface area contributed by atoms with E-state index in [0.717, 1.165) is 50.3 Å². The molecule has 1 aliphatic heterocycles. The van der Waals surface area contributed by atoms with Gasteiger partial charge in [0.25, 0.3) is 17.4 Å². The number of rotatable bonds is 4. The molecule has 0 saturated heterocycles. The van der Waals surface area contributed by atoms with Crippen molar-refractivity contribution < 1.29 is 18.8 Å². The summed E-state index contributed by atoms with van der Waals surface area (Å²) in [6.07, 6.45) is 9.24. The van der Waals surface area contributed by atoms with E-state index in [1.54, 1.807) is 24.7 Å². The molecule has 2 aliphatic rings. The van der Waals surface area contributed by atoms with E-state index in [4.69, 9.17) is 14.0 Å². The van der Waals surface area contributed by atoms with Crippen LogP contribution in [-0.2, 0) is 12.1 Å². The summed E-state index contributed by atoms with van der Waals surface area (Å²) >= 11 is 0. The van der Waals surface area contributed by atoms with Gasteiger partial charge in [-0.25, -0.2) is 0 Å². The normalized spacial score (nSPS) is 18.2. The molecule has 1 fully saturated rings. The molecule has 3 aromatic rings. The first kappa shape index (κ1) is 24.3. The average molecular weight is 495 g/mol. The lowest BCUT2D eigenvalue weighted by atomic mass is 9.83. The van der Waals surface area contributed by atoms with E-state index in [1.165, 1.54) is 6.42 Å². The molecule has 0 unspecified atom stereocenters. The Morgan fingerprint density at radius 1 is 1.08 bits per heavy atom. The largest absolute Gasteiger partial charge is 0.493 e. The Morgan fingerprint density at radius 3 is 2.56 bits per heavy atom. The molecule has 9 heteroatoms. The first-order valence-corrected chi connectivity index (χ1v) is 13.0. The fourth-order valence-electron chi connectivity index (χ4n) is 5.50. The molecule has 0 bridgehead atoms. The Kier molecular flexibility index (Phi) is 6.98. The molecular weight excluding hydrogens is 460 g/mol. The maximum atomic E-state index is 13.8. The summed E-state index contributed by atoms with van der Waals surface area (Å²) in [6, 6.07) is 5.37. The van der Waals surface area contributed by atoms with Crippen molar-refractivity contribution in [1.29, 1.82) is 0 Å². The van der Waals surface area contributed by atoms with Crippen molar-refractivity contribution in [3.8, 4) is 11.5 Å². The number of nitrogens with one attached hydrogen (secondary N) is 1. The Hall–Kier alpha value is -3.36. The second-order valence-corrected chi connectivity index (χ2v) is 9.91. The number of aryl methyl sites for hydroxylation is 2. The summed E-state index contributed by atoms with van der Waals surface area (Å²) in [5.74, 6) is 1.66. The van der Waals surface area contributed by atoms with Gasteiger partial charge in [0.2, 0.25) is 0 Å². The van der Waals surface area contributed by atoms with Crippen LogP contribution in [0.5, 0.6) is 11.5 Å². The molecule has 0 radical (unpaired) electrons. The summed E-state index contributed by atoms with van der Waals surface area (Å²) in [6.45, 7) is 2.83. The zero-order valence-corrected chi connectivity index (χ0v) is 21.1. The molecule has 3 heterocycles. The highest BCUT2D eigenvalue weighted by Gasteiger charge is 2.40. The summed E-state index contributed by atoms with van der Waals surface area (Å²) in [5, 5.41) is 7.95. The van der Waals surface area contributed by atoms with Crippen molar-refractivity contribution in [2.45, 2.75) is 83.2 Å². The van der Waals surface area contributed by atoms with Crippen LogP contribution in [-0.4, -0.2) is 34.3 Å². The first-order chi connectivity index (χ1) is 17.5. The minimum absolute atomic E-state index is 0.107. The first-order valence-electron chi connectivity index (χ1n) is 13.0. The predicted octanol–water partition coefficient (Wildman–Crippen LogP) is 4.63. The van der Waals surface area contributed by atoms with Gasteiger partial charge in [-0.15, -0.1) is 0 Å². The summed E-state index contributed by atoms with van der Waals surface area (Å²) in [7, 11) is 1.59. The van der Waals surface area contributed by atoms with Gasteiger partial charge in [-0.2, -0.15) is 4.98 Å². The van der Waals surface area contributed by atoms with Crippen molar-refractivity contribution >= 4 is 16.8 Å². The molecule has 0 spiro atoms. The van der Waals surface area contributed by atoms with E-state index in [-0.39, 0.29) is 11.1 Å². The Bertz CT molecular complexity index is 1300. The lowest BCUT2D eigenvalue weighted by Crippen LogP contribution is -2.48. The molecule has 1 aliphatic carbocycles. The molecule has 1 amide bonds. The van der Waals surface area contributed by atoms with Gasteiger partial charge in [0.05, 0.1) is 19.2 Å². The molecular formula is C27H34N4O5. The second kappa shape index (κ2) is 10.3. The second-order valence-electron chi connectivity index (χ2n) is 9.91. The van der Waals surface area contributed by atoms with Crippen LogP contribution in [0.3, 0.4) is 0 Å². The molecule has 9 nitrogen and oxygen atoms in total. The zero-order chi connectivity index (χ0) is 25.1. The quantitative estimate of drug-likeness (QED) is 0.563. The highest BCUT2D eigenvalue weighted by atomic mass is 16.5. The number of hydrogen-bond donors (Lipinski definition) is 1. The van der Waals surface area contributed by atoms with E-state index in [0.29, 0.717) is 54.7 Å². The van der Waals surface area contributed by atoms with Gasteiger partial charge >= 0.3 is 0 Å². The van der Waals surface area contributed by atoms with Crippen molar-refractivity contribution in [2.75, 3.05) is 13.7 Å². The fourth-order valence-corrected chi connectivity index (χ4v) is 5.50. The van der Waals surface area contributed by atoms with Crippen LogP contribution in [0, 0.1) is 6.92 Å². The maximum Gasteiger partial charge on any atom is 0.264 e. The fraction of sp³-hybridized carbons (Fsp3) is 0.556. The van der Waals surface area contributed by atoms with Crippen LogP contribution in [0.15, 0.2) is 27.5 Å². The summed E-state index contributed by atoms with van der Waals surface area (Å²) in [5.41, 5.74) is -0.341. The van der Waals surface area contributed by atoms with Crippen LogP contribution in [0.1, 0.15) is 86.3 Å². The summed E-state index contributed by atoms with van der Waals surface area (Å²) < 4.78 is 18.9. The average Bonchev–Trinajstić information content (AvgIpc) is 3.33. The van der Waals surface area contributed by atoms with Gasteiger partial charge in [-0.05, 0) is 57.2 Å². The number of amides is 1. The third-order valence-corrected chi connectivity index (χ3v) is 7.41. The predicted molar refractivity (Wildman–Crippen MR) is 135 cm³/mol. The van der Waals surface area contributed by atoms with Crippen LogP contribution in [0.25, 0.3) is 10.9 Å². The zero-order valence-electron chi connectivity index (χ0n) is 21.1.